The Morgan fingerprint density at radius 3 is 2.12 bits per heavy atom. The summed E-state index contributed by atoms with van der Waals surface area (Å²) in [6.45, 7) is 0. The SMILES string of the molecule is O=C(OBr)c1ccc(Cc2ccccc2)cc1. The number of carbonyl (C=O) groups is 1. The first-order valence-corrected chi connectivity index (χ1v) is 5.90. The van der Waals surface area contributed by atoms with Crippen molar-refractivity contribution < 1.29 is 8.62 Å². The van der Waals surface area contributed by atoms with Crippen molar-refractivity contribution in [1.29, 1.82) is 0 Å². The van der Waals surface area contributed by atoms with Gasteiger partial charge in [-0.2, -0.15) is 0 Å². The molecule has 0 fully saturated rings. The van der Waals surface area contributed by atoms with E-state index in [-0.39, 0.29) is 5.97 Å². The summed E-state index contributed by atoms with van der Waals surface area (Å²) in [5.41, 5.74) is 2.96. The first-order chi connectivity index (χ1) is 8.29. The van der Waals surface area contributed by atoms with Gasteiger partial charge < -0.3 is 3.83 Å². The molecule has 2 aromatic rings. The molecule has 0 bridgehead atoms. The summed E-state index contributed by atoms with van der Waals surface area (Å²) in [5.74, 6) is -0.378. The summed E-state index contributed by atoms with van der Waals surface area (Å²) >= 11 is 2.67. The molecule has 0 aliphatic heterocycles. The molecule has 2 nitrogen and oxygen atoms in total. The molecule has 0 heterocycles. The summed E-state index contributed by atoms with van der Waals surface area (Å²) in [4.78, 5) is 11.2. The van der Waals surface area contributed by atoms with E-state index in [1.807, 2.05) is 30.3 Å². The van der Waals surface area contributed by atoms with Crippen molar-refractivity contribution in [3.63, 3.8) is 0 Å². The monoisotopic (exact) mass is 290 g/mol. The number of halogens is 1. The van der Waals surface area contributed by atoms with E-state index in [2.05, 4.69) is 32.2 Å². The van der Waals surface area contributed by atoms with Gasteiger partial charge in [-0.3, -0.25) is 0 Å². The number of benzene rings is 2. The number of rotatable bonds is 3. The van der Waals surface area contributed by atoms with Gasteiger partial charge in [0.15, 0.2) is 16.3 Å². The molecule has 0 amide bonds. The van der Waals surface area contributed by atoms with Crippen LogP contribution in [0.2, 0.25) is 0 Å². The fraction of sp³-hybridized carbons (Fsp3) is 0.0714. The highest BCUT2D eigenvalue weighted by molar-refractivity contribution is 9.06. The van der Waals surface area contributed by atoms with Crippen LogP contribution >= 0.6 is 16.3 Å². The molecule has 2 aromatic carbocycles. The second kappa shape index (κ2) is 5.64. The summed E-state index contributed by atoms with van der Waals surface area (Å²) in [6, 6.07) is 17.6. The van der Waals surface area contributed by atoms with E-state index >= 15 is 0 Å². The average molecular weight is 291 g/mol. The predicted octanol–water partition coefficient (Wildman–Crippen LogP) is 3.74. The van der Waals surface area contributed by atoms with E-state index in [1.54, 1.807) is 12.1 Å². The Morgan fingerprint density at radius 1 is 0.941 bits per heavy atom. The number of hydrogen-bond acceptors (Lipinski definition) is 2. The van der Waals surface area contributed by atoms with Crippen molar-refractivity contribution in [2.75, 3.05) is 0 Å². The summed E-state index contributed by atoms with van der Waals surface area (Å²) in [7, 11) is 0. The minimum Gasteiger partial charge on any atom is -0.380 e. The van der Waals surface area contributed by atoms with Crippen LogP contribution in [-0.2, 0) is 10.2 Å². The molecule has 0 spiro atoms. The van der Waals surface area contributed by atoms with Crippen LogP contribution in [0.4, 0.5) is 0 Å². The highest BCUT2D eigenvalue weighted by Gasteiger charge is 2.05. The topological polar surface area (TPSA) is 26.3 Å². The van der Waals surface area contributed by atoms with Crippen LogP contribution in [0, 0.1) is 0 Å². The lowest BCUT2D eigenvalue weighted by Gasteiger charge is -2.02. The van der Waals surface area contributed by atoms with Crippen molar-refractivity contribution in [1.82, 2.24) is 0 Å². The fourth-order valence-corrected chi connectivity index (χ4v) is 1.82. The molecule has 86 valence electrons. The molecule has 0 atom stereocenters. The molecule has 0 saturated heterocycles. The van der Waals surface area contributed by atoms with Crippen molar-refractivity contribution in [3.05, 3.63) is 71.3 Å². The van der Waals surface area contributed by atoms with Crippen molar-refractivity contribution >= 4 is 22.2 Å². The largest absolute Gasteiger partial charge is 0.380 e. The van der Waals surface area contributed by atoms with Gasteiger partial charge in [0.25, 0.3) is 0 Å². The third-order valence-corrected chi connectivity index (χ3v) is 2.80. The van der Waals surface area contributed by atoms with Crippen LogP contribution in [-0.4, -0.2) is 5.97 Å². The normalized spacial score (nSPS) is 9.94. The van der Waals surface area contributed by atoms with Crippen LogP contribution in [0.25, 0.3) is 0 Å². The van der Waals surface area contributed by atoms with E-state index in [0.29, 0.717) is 5.56 Å². The lowest BCUT2D eigenvalue weighted by Crippen LogP contribution is -1.97. The highest BCUT2D eigenvalue weighted by Crippen LogP contribution is 2.11. The Balaban J connectivity index is 2.11. The molecule has 0 aliphatic rings. The molecule has 3 heteroatoms. The Kier molecular flexibility index (Phi) is 3.94. The molecule has 0 N–H and O–H groups in total. The zero-order valence-corrected chi connectivity index (χ0v) is 10.7. The van der Waals surface area contributed by atoms with Crippen LogP contribution in [0.1, 0.15) is 21.5 Å². The Labute approximate surface area is 109 Å². The van der Waals surface area contributed by atoms with E-state index in [9.17, 15) is 4.79 Å². The molecule has 0 aliphatic carbocycles. The fourth-order valence-electron chi connectivity index (χ4n) is 1.63. The molecule has 0 saturated carbocycles. The lowest BCUT2D eigenvalue weighted by atomic mass is 10.0. The molecule has 0 aromatic heterocycles. The number of carbonyl (C=O) groups excluding carboxylic acids is 1. The van der Waals surface area contributed by atoms with Crippen LogP contribution in [0.15, 0.2) is 54.6 Å². The predicted molar refractivity (Wildman–Crippen MR) is 70.0 cm³/mol. The van der Waals surface area contributed by atoms with Gasteiger partial charge in [-0.1, -0.05) is 42.5 Å². The smallest absolute Gasteiger partial charge is 0.349 e. The molecule has 17 heavy (non-hydrogen) atoms. The maximum Gasteiger partial charge on any atom is 0.349 e. The maximum absolute atomic E-state index is 11.2. The highest BCUT2D eigenvalue weighted by atomic mass is 79.9. The molecular formula is C14H11BrO2. The van der Waals surface area contributed by atoms with Crippen LogP contribution in [0.3, 0.4) is 0 Å². The van der Waals surface area contributed by atoms with E-state index < -0.39 is 0 Å². The van der Waals surface area contributed by atoms with Gasteiger partial charge in [0.1, 0.15) is 0 Å². The molecule has 0 unspecified atom stereocenters. The minimum absolute atomic E-state index is 0.378. The average Bonchev–Trinajstić information content (AvgIpc) is 2.40. The van der Waals surface area contributed by atoms with Crippen molar-refractivity contribution in [2.24, 2.45) is 0 Å². The van der Waals surface area contributed by atoms with Crippen LogP contribution < -0.4 is 0 Å². The van der Waals surface area contributed by atoms with E-state index in [0.717, 1.165) is 6.42 Å². The minimum atomic E-state index is -0.378. The first kappa shape index (κ1) is 11.9. The van der Waals surface area contributed by atoms with Gasteiger partial charge in [-0.25, -0.2) is 4.79 Å². The Bertz CT molecular complexity index is 491. The summed E-state index contributed by atoms with van der Waals surface area (Å²) < 4.78 is 4.47. The maximum atomic E-state index is 11.2. The second-order valence-electron chi connectivity index (χ2n) is 3.72. The van der Waals surface area contributed by atoms with E-state index in [1.165, 1.54) is 11.1 Å². The lowest BCUT2D eigenvalue weighted by molar-refractivity contribution is 0.0782. The molecule has 2 rings (SSSR count). The van der Waals surface area contributed by atoms with Gasteiger partial charge in [0.2, 0.25) is 0 Å². The van der Waals surface area contributed by atoms with Gasteiger partial charge in [0, 0.05) is 0 Å². The molecular weight excluding hydrogens is 280 g/mol. The first-order valence-electron chi connectivity index (χ1n) is 5.25. The number of hydrogen-bond donors (Lipinski definition) is 0. The van der Waals surface area contributed by atoms with Gasteiger partial charge in [-0.05, 0) is 29.7 Å². The van der Waals surface area contributed by atoms with Crippen molar-refractivity contribution in [3.8, 4) is 0 Å². The third kappa shape index (κ3) is 3.17. The summed E-state index contributed by atoms with van der Waals surface area (Å²) in [5, 5.41) is 0. The van der Waals surface area contributed by atoms with E-state index in [4.69, 9.17) is 0 Å². The van der Waals surface area contributed by atoms with Crippen molar-refractivity contribution in [2.45, 2.75) is 6.42 Å². The third-order valence-electron chi connectivity index (χ3n) is 2.51. The Morgan fingerprint density at radius 2 is 1.53 bits per heavy atom. The zero-order valence-electron chi connectivity index (χ0n) is 9.10. The van der Waals surface area contributed by atoms with Crippen LogP contribution in [0.5, 0.6) is 0 Å². The second-order valence-corrected chi connectivity index (χ2v) is 4.05. The zero-order chi connectivity index (χ0) is 12.1. The molecule has 0 radical (unpaired) electrons. The van der Waals surface area contributed by atoms with Gasteiger partial charge in [-0.15, -0.1) is 0 Å². The van der Waals surface area contributed by atoms with Gasteiger partial charge >= 0.3 is 5.97 Å². The standard InChI is InChI=1S/C14H11BrO2/c15-17-14(16)13-8-6-12(7-9-13)10-11-4-2-1-3-5-11/h1-9H,10H2. The Hall–Kier alpha value is -1.61. The van der Waals surface area contributed by atoms with Gasteiger partial charge in [0.05, 0.1) is 5.56 Å². The summed E-state index contributed by atoms with van der Waals surface area (Å²) in [6.07, 6.45) is 0.866. The quantitative estimate of drug-likeness (QED) is 0.861.